The fourth-order valence-electron chi connectivity index (χ4n) is 5.32. The fraction of sp³-hybridized carbons (Fsp3) is 0.593. The quantitative estimate of drug-likeness (QED) is 0.105. The van der Waals surface area contributed by atoms with Gasteiger partial charge in [0.05, 0.1) is 16.4 Å². The van der Waals surface area contributed by atoms with Crippen molar-refractivity contribution in [1.82, 2.24) is 0 Å². The van der Waals surface area contributed by atoms with Crippen LogP contribution in [0.3, 0.4) is 0 Å². The first-order valence-electron chi connectivity index (χ1n) is 12.5. The molecule has 1 aliphatic heterocycles. The number of carbonyl (C=O) groups is 3. The molecule has 0 amide bonds. The van der Waals surface area contributed by atoms with Crippen LogP contribution in [-0.4, -0.2) is 102 Å². The Bertz CT molecular complexity index is 1190. The average molecular weight is 569 g/mol. The lowest BCUT2D eigenvalue weighted by atomic mass is 9.56. The summed E-state index contributed by atoms with van der Waals surface area (Å²) in [5.41, 5.74) is -5.26. The van der Waals surface area contributed by atoms with Gasteiger partial charge in [-0.15, -0.1) is 0 Å². The van der Waals surface area contributed by atoms with E-state index in [9.17, 15) is 50.1 Å². The van der Waals surface area contributed by atoms with E-state index in [2.05, 4.69) is 0 Å². The lowest BCUT2D eigenvalue weighted by molar-refractivity contribution is -0.328. The summed E-state index contributed by atoms with van der Waals surface area (Å²) in [5, 5.41) is 71.9. The predicted molar refractivity (Wildman–Crippen MR) is 135 cm³/mol. The summed E-state index contributed by atoms with van der Waals surface area (Å²) in [6.07, 6.45) is -9.24. The van der Waals surface area contributed by atoms with E-state index in [-0.39, 0.29) is 5.56 Å². The van der Waals surface area contributed by atoms with Crippen LogP contribution in [0.4, 0.5) is 0 Å². The molecule has 1 aliphatic carbocycles. The molecule has 2 fully saturated rings. The number of aliphatic hydroxyl groups is 4. The molecular weight excluding hydrogens is 532 g/mol. The number of carbonyl (C=O) groups excluding carboxylic acids is 3. The second-order valence-corrected chi connectivity index (χ2v) is 11.5. The molecule has 40 heavy (non-hydrogen) atoms. The number of aliphatic hydroxyl groups excluding tert-OH is 3. The van der Waals surface area contributed by atoms with Crippen LogP contribution in [0.2, 0.25) is 0 Å². The Morgan fingerprint density at radius 2 is 1.50 bits per heavy atom. The van der Waals surface area contributed by atoms with Crippen molar-refractivity contribution in [2.45, 2.75) is 84.0 Å². The van der Waals surface area contributed by atoms with Crippen LogP contribution in [0.25, 0.3) is 0 Å². The first-order valence-corrected chi connectivity index (χ1v) is 12.5. The van der Waals surface area contributed by atoms with Gasteiger partial charge in [-0.3, -0.25) is 9.59 Å². The van der Waals surface area contributed by atoms with Gasteiger partial charge in [0.1, 0.15) is 37.1 Å². The Morgan fingerprint density at radius 1 is 0.950 bits per heavy atom. The predicted octanol–water partition coefficient (Wildman–Crippen LogP) is 0.0545. The van der Waals surface area contributed by atoms with Gasteiger partial charge >= 0.3 is 5.97 Å². The molecule has 2 aliphatic rings. The van der Waals surface area contributed by atoms with Crippen LogP contribution in [0.15, 0.2) is 23.8 Å². The van der Waals surface area contributed by atoms with Gasteiger partial charge < -0.3 is 50.0 Å². The van der Waals surface area contributed by atoms with Crippen LogP contribution in [0.1, 0.15) is 51.9 Å². The number of benzene rings is 1. The highest BCUT2D eigenvalue weighted by atomic mass is 16.7. The number of allylic oxidation sites excluding steroid dienone is 1. The van der Waals surface area contributed by atoms with E-state index in [0.29, 0.717) is 5.57 Å². The van der Waals surface area contributed by atoms with Gasteiger partial charge in [-0.2, -0.15) is 0 Å². The van der Waals surface area contributed by atoms with Crippen molar-refractivity contribution < 1.29 is 64.3 Å². The number of rotatable bonds is 6. The minimum atomic E-state index is -2.34. The molecular formula is C27H36O13. The van der Waals surface area contributed by atoms with Crippen molar-refractivity contribution in [3.63, 3.8) is 0 Å². The van der Waals surface area contributed by atoms with Crippen molar-refractivity contribution in [3.05, 3.63) is 29.3 Å². The molecule has 1 saturated carbocycles. The number of hydrogen-bond donors (Lipinski definition) is 7. The number of esters is 1. The van der Waals surface area contributed by atoms with E-state index < -0.39 is 94.6 Å². The van der Waals surface area contributed by atoms with Gasteiger partial charge in [0.2, 0.25) is 0 Å². The Labute approximate surface area is 230 Å². The van der Waals surface area contributed by atoms with Gasteiger partial charge in [0.25, 0.3) is 0 Å². The molecule has 0 unspecified atom stereocenters. The SMILES string of the molecule is CC(C)=C[C@@]1(O)C(=O)C(C)(C)C(=O)C(C)(C)[C@H]1O[C@@H]1O[C@H](COC(=O)c2cc(O)c(O)c(O)c2)[C@@H](O)[C@H](O)[C@H]1O. The number of phenols is 3. The Hall–Kier alpha value is -3.07. The molecule has 0 aromatic heterocycles. The molecule has 1 aromatic carbocycles. The van der Waals surface area contributed by atoms with Crippen LogP contribution < -0.4 is 0 Å². The zero-order chi connectivity index (χ0) is 30.5. The third-order valence-corrected chi connectivity index (χ3v) is 7.27. The molecule has 0 bridgehead atoms. The number of ketones is 2. The second kappa shape index (κ2) is 10.7. The Kier molecular flexibility index (Phi) is 8.44. The summed E-state index contributed by atoms with van der Waals surface area (Å²) in [5.74, 6) is -4.92. The molecule has 13 nitrogen and oxygen atoms in total. The summed E-state index contributed by atoms with van der Waals surface area (Å²) < 4.78 is 16.5. The number of hydrogen-bond acceptors (Lipinski definition) is 13. The van der Waals surface area contributed by atoms with Gasteiger partial charge in [0.15, 0.2) is 40.7 Å². The maximum absolute atomic E-state index is 13.4. The average Bonchev–Trinajstić information content (AvgIpc) is 2.86. The van der Waals surface area contributed by atoms with Crippen molar-refractivity contribution in [3.8, 4) is 17.2 Å². The number of aromatic hydroxyl groups is 3. The van der Waals surface area contributed by atoms with Crippen LogP contribution in [-0.2, 0) is 23.8 Å². The lowest BCUT2D eigenvalue weighted by Crippen LogP contribution is -2.71. The highest BCUT2D eigenvalue weighted by Gasteiger charge is 2.66. The molecule has 0 spiro atoms. The monoisotopic (exact) mass is 568 g/mol. The van der Waals surface area contributed by atoms with Crippen molar-refractivity contribution >= 4 is 17.5 Å². The molecule has 1 saturated heterocycles. The summed E-state index contributed by atoms with van der Waals surface area (Å²) >= 11 is 0. The third-order valence-electron chi connectivity index (χ3n) is 7.27. The van der Waals surface area contributed by atoms with E-state index >= 15 is 0 Å². The van der Waals surface area contributed by atoms with Crippen molar-refractivity contribution in [2.75, 3.05) is 6.61 Å². The number of Topliss-reactive ketones (excluding diaryl/α,β-unsaturated/α-hetero) is 2. The smallest absolute Gasteiger partial charge is 0.338 e. The minimum Gasteiger partial charge on any atom is -0.504 e. The third kappa shape index (κ3) is 5.32. The molecule has 222 valence electrons. The highest BCUT2D eigenvalue weighted by Crippen LogP contribution is 2.48. The zero-order valence-electron chi connectivity index (χ0n) is 23.0. The summed E-state index contributed by atoms with van der Waals surface area (Å²) in [6.45, 7) is 8.24. The second-order valence-electron chi connectivity index (χ2n) is 11.5. The van der Waals surface area contributed by atoms with E-state index in [1.54, 1.807) is 13.8 Å². The lowest BCUT2D eigenvalue weighted by Gasteiger charge is -2.53. The molecule has 0 radical (unpaired) electrons. The zero-order valence-corrected chi connectivity index (χ0v) is 23.0. The summed E-state index contributed by atoms with van der Waals surface area (Å²) in [7, 11) is 0. The summed E-state index contributed by atoms with van der Waals surface area (Å²) in [4.78, 5) is 39.2. The maximum atomic E-state index is 13.4. The highest BCUT2D eigenvalue weighted by molar-refractivity contribution is 6.15. The first kappa shape index (κ1) is 31.5. The van der Waals surface area contributed by atoms with Gasteiger partial charge in [-0.05, 0) is 45.9 Å². The fourth-order valence-corrected chi connectivity index (χ4v) is 5.32. The normalized spacial score (nSPS) is 33.4. The topological polar surface area (TPSA) is 221 Å². The summed E-state index contributed by atoms with van der Waals surface area (Å²) in [6, 6.07) is 1.65. The molecule has 7 atom stereocenters. The molecule has 7 N–H and O–H groups in total. The van der Waals surface area contributed by atoms with E-state index in [4.69, 9.17) is 14.2 Å². The van der Waals surface area contributed by atoms with E-state index in [1.165, 1.54) is 33.8 Å². The molecule has 13 heteroatoms. The van der Waals surface area contributed by atoms with Gasteiger partial charge in [0, 0.05) is 0 Å². The van der Waals surface area contributed by atoms with Crippen LogP contribution in [0, 0.1) is 10.8 Å². The Morgan fingerprint density at radius 3 is 2.02 bits per heavy atom. The number of phenolic OH excluding ortho intramolecular Hbond substituents is 3. The molecule has 3 rings (SSSR count). The largest absolute Gasteiger partial charge is 0.504 e. The van der Waals surface area contributed by atoms with Crippen LogP contribution in [0.5, 0.6) is 17.2 Å². The molecule has 1 aromatic rings. The maximum Gasteiger partial charge on any atom is 0.338 e. The standard InChI is InChI=1S/C27H36O13/c1-11(2)9-27(37)23(36)25(3,4)22(35)26(5,6)24(27)40-21-19(33)18(32)17(31)15(39-21)10-38-20(34)12-7-13(28)16(30)14(29)8-12/h7-9,15,17-19,21,24,28-33,37H,10H2,1-6H3/t15-,17-,18+,19-,21+,24-,27-/m1/s1. The Balaban J connectivity index is 1.88. The van der Waals surface area contributed by atoms with E-state index in [1.807, 2.05) is 0 Å². The van der Waals surface area contributed by atoms with Crippen molar-refractivity contribution in [1.29, 1.82) is 0 Å². The van der Waals surface area contributed by atoms with Crippen molar-refractivity contribution in [2.24, 2.45) is 10.8 Å². The van der Waals surface area contributed by atoms with Gasteiger partial charge in [-0.1, -0.05) is 19.4 Å². The van der Waals surface area contributed by atoms with Gasteiger partial charge in [-0.25, -0.2) is 4.79 Å². The number of ether oxygens (including phenoxy) is 3. The minimum absolute atomic E-state index is 0.359. The van der Waals surface area contributed by atoms with E-state index in [0.717, 1.165) is 12.1 Å². The van der Waals surface area contributed by atoms with Crippen LogP contribution >= 0.6 is 0 Å². The first-order chi connectivity index (χ1) is 18.3. The molecule has 1 heterocycles.